The average molecular weight is 676 g/mol. The molecule has 10 atom stereocenters. The van der Waals surface area contributed by atoms with Crippen LogP contribution < -0.4 is 11.5 Å². The van der Waals surface area contributed by atoms with Crippen LogP contribution in [0.25, 0.3) is 22.3 Å². The molecule has 0 amide bonds. The number of fused-ring (bicyclic) bond motifs is 4. The van der Waals surface area contributed by atoms with Gasteiger partial charge in [-0.05, 0) is 29.7 Å². The van der Waals surface area contributed by atoms with E-state index >= 15 is 0 Å². The number of nitrogens with two attached hydrogens (primary N) is 2. The molecule has 7 heterocycles. The van der Waals surface area contributed by atoms with Gasteiger partial charge in [0.25, 0.3) is 0 Å². The fraction of sp³-hybridized carbons (Fsp3) is 0.450. The highest BCUT2D eigenvalue weighted by molar-refractivity contribution is 8.07. The maximum Gasteiger partial charge on any atom is 0.327 e. The fourth-order valence-electron chi connectivity index (χ4n) is 5.12. The zero-order valence-electron chi connectivity index (χ0n) is 21.4. The van der Waals surface area contributed by atoms with Crippen molar-refractivity contribution in [3.05, 3.63) is 31.2 Å². The van der Waals surface area contributed by atoms with Crippen molar-refractivity contribution in [3.63, 3.8) is 0 Å². The number of nitrogens with zero attached hydrogens (tertiary/aromatic N) is 7. The molecule has 8 N–H and O–H groups in total. The van der Waals surface area contributed by atoms with Crippen LogP contribution in [-0.2, 0) is 51.2 Å². The van der Waals surface area contributed by atoms with E-state index in [4.69, 9.17) is 62.6 Å². The molecule has 7 rings (SSSR count). The van der Waals surface area contributed by atoms with Gasteiger partial charge in [0.1, 0.15) is 47.9 Å². The number of pyridine rings is 1. The zero-order chi connectivity index (χ0) is 30.3. The van der Waals surface area contributed by atoms with E-state index in [9.17, 15) is 20.0 Å². The van der Waals surface area contributed by atoms with Crippen LogP contribution in [0, 0.1) is 0 Å². The first-order chi connectivity index (χ1) is 20.4. The molecule has 0 saturated carbocycles. The van der Waals surface area contributed by atoms with Crippen molar-refractivity contribution in [1.29, 1.82) is 0 Å². The van der Waals surface area contributed by atoms with Crippen molar-refractivity contribution in [1.82, 2.24) is 34.1 Å². The summed E-state index contributed by atoms with van der Waals surface area (Å²) in [5, 5.41) is 22.5. The van der Waals surface area contributed by atoms with Crippen LogP contribution in [0.5, 0.6) is 0 Å². The SMILES string of the molecule is Nc1ncnc2c1ncn2[C@@H]1O[C@@H]2OP(O)(=S)O[C@@H]3C(O)[C@H](n4cnc5c(N)ccnc54)O[C@@H]3COP(O)(=S)O[C@@H]2C1O. The summed E-state index contributed by atoms with van der Waals surface area (Å²) in [4.78, 5) is 42.7. The van der Waals surface area contributed by atoms with Gasteiger partial charge in [-0.15, -0.1) is 0 Å². The topological polar surface area (TPSA) is 263 Å². The Kier molecular flexibility index (Phi) is 7.27. The lowest BCUT2D eigenvalue weighted by Gasteiger charge is -2.27. The molecule has 4 unspecified atom stereocenters. The molecule has 19 nitrogen and oxygen atoms in total. The summed E-state index contributed by atoms with van der Waals surface area (Å²) in [5.41, 5.74) is 13.3. The van der Waals surface area contributed by atoms with Crippen LogP contribution in [0.1, 0.15) is 12.5 Å². The van der Waals surface area contributed by atoms with Crippen molar-refractivity contribution in [3.8, 4) is 0 Å². The Hall–Kier alpha value is -2.33. The molecular weight excluding hydrogens is 652 g/mol. The quantitative estimate of drug-likeness (QED) is 0.141. The Labute approximate surface area is 250 Å². The number of nitrogen functional groups attached to an aromatic ring is 2. The van der Waals surface area contributed by atoms with E-state index in [1.807, 2.05) is 0 Å². The number of aliphatic hydroxyl groups is 2. The minimum Gasteiger partial charge on any atom is -0.397 e. The summed E-state index contributed by atoms with van der Waals surface area (Å²) in [5.74, 6) is 0.0886. The van der Waals surface area contributed by atoms with Gasteiger partial charge in [0, 0.05) is 6.20 Å². The third kappa shape index (κ3) is 5.14. The van der Waals surface area contributed by atoms with Crippen LogP contribution in [0.4, 0.5) is 11.5 Å². The molecular formula is C20H23N9O10P2S2. The average Bonchev–Trinajstić information content (AvgIpc) is 3.70. The highest BCUT2D eigenvalue weighted by Gasteiger charge is 2.54. The standard InChI is InChI=1S/C20H23N9O10P2S2/c21-7-1-2-23-16-9(7)26-5-28(16)18-11(30)13-8(35-18)3-34-40(32,42)38-14-12(31)19(36-20(14)39-41(33,43)37-13)29-6-27-10-15(22)24-4-25-17(10)29/h1-2,4-6,8,11-14,18-20,30-31H,3H2,(H2,21,23)(H,32,42)(H,33,43)(H2,22,24,25)/t8-,11?,12?,13+,14-,18-,19-,20-,40?,41?/m1/s1. The summed E-state index contributed by atoms with van der Waals surface area (Å²) in [7, 11) is 0. The molecule has 4 aromatic rings. The van der Waals surface area contributed by atoms with Crippen LogP contribution >= 0.6 is 13.4 Å². The first-order valence-electron chi connectivity index (χ1n) is 12.4. The molecule has 0 aromatic carbocycles. The highest BCUT2D eigenvalue weighted by atomic mass is 32.5. The molecule has 23 heteroatoms. The summed E-state index contributed by atoms with van der Waals surface area (Å²) in [6, 6.07) is 1.57. The second-order valence-corrected chi connectivity index (χ2v) is 15.3. The van der Waals surface area contributed by atoms with Gasteiger partial charge < -0.3 is 45.5 Å². The Morgan fingerprint density at radius 2 is 1.47 bits per heavy atom. The maximum atomic E-state index is 11.3. The summed E-state index contributed by atoms with van der Waals surface area (Å²) in [6.07, 6.45) is -5.83. The molecule has 3 fully saturated rings. The summed E-state index contributed by atoms with van der Waals surface area (Å²) >= 11 is 10.5. The van der Waals surface area contributed by atoms with Crippen molar-refractivity contribution < 1.29 is 47.6 Å². The lowest BCUT2D eigenvalue weighted by Crippen LogP contribution is -2.36. The molecule has 0 bridgehead atoms. The lowest BCUT2D eigenvalue weighted by atomic mass is 10.1. The van der Waals surface area contributed by atoms with E-state index in [-0.39, 0.29) is 17.0 Å². The lowest BCUT2D eigenvalue weighted by molar-refractivity contribution is -0.130. The van der Waals surface area contributed by atoms with Crippen LogP contribution in [0.3, 0.4) is 0 Å². The highest BCUT2D eigenvalue weighted by Crippen LogP contribution is 2.56. The predicted octanol–water partition coefficient (Wildman–Crippen LogP) is -0.840. The van der Waals surface area contributed by atoms with Gasteiger partial charge in [-0.1, -0.05) is 0 Å². The third-order valence-electron chi connectivity index (χ3n) is 7.06. The van der Waals surface area contributed by atoms with Crippen LogP contribution in [0.15, 0.2) is 31.2 Å². The van der Waals surface area contributed by atoms with E-state index in [2.05, 4.69) is 24.9 Å². The Bertz CT molecular complexity index is 1810. The first kappa shape index (κ1) is 29.4. The fourth-order valence-corrected chi connectivity index (χ4v) is 8.13. The third-order valence-corrected chi connectivity index (χ3v) is 10.1. The van der Waals surface area contributed by atoms with Crippen LogP contribution in [0.2, 0.25) is 0 Å². The molecule has 3 aliphatic heterocycles. The zero-order valence-corrected chi connectivity index (χ0v) is 24.9. The molecule has 0 spiro atoms. The second-order valence-electron chi connectivity index (χ2n) is 9.73. The first-order valence-corrected chi connectivity index (χ1v) is 17.6. The van der Waals surface area contributed by atoms with E-state index < -0.39 is 69.3 Å². The minimum atomic E-state index is -4.30. The predicted molar refractivity (Wildman–Crippen MR) is 151 cm³/mol. The monoisotopic (exact) mass is 675 g/mol. The molecule has 4 aromatic heterocycles. The molecule has 3 saturated heterocycles. The maximum absolute atomic E-state index is 11.3. The number of hydrogen-bond acceptors (Lipinski definition) is 17. The Balaban J connectivity index is 1.20. The number of ether oxygens (including phenoxy) is 2. The normalized spacial score (nSPS) is 38.6. The number of imidazole rings is 2. The van der Waals surface area contributed by atoms with E-state index in [1.54, 1.807) is 6.07 Å². The van der Waals surface area contributed by atoms with Gasteiger partial charge in [0.05, 0.1) is 24.9 Å². The van der Waals surface area contributed by atoms with Crippen molar-refractivity contribution in [2.24, 2.45) is 0 Å². The van der Waals surface area contributed by atoms with E-state index in [0.29, 0.717) is 16.9 Å². The Morgan fingerprint density at radius 3 is 2.23 bits per heavy atom. The molecule has 3 aliphatic rings. The second kappa shape index (κ2) is 10.6. The molecule has 0 radical (unpaired) electrons. The Morgan fingerprint density at radius 1 is 0.814 bits per heavy atom. The molecule has 0 aliphatic carbocycles. The largest absolute Gasteiger partial charge is 0.397 e. The summed E-state index contributed by atoms with van der Waals surface area (Å²) < 4.78 is 37.2. The minimum absolute atomic E-state index is 0.0886. The number of anilines is 2. The van der Waals surface area contributed by atoms with E-state index in [0.717, 1.165) is 0 Å². The number of rotatable bonds is 2. The van der Waals surface area contributed by atoms with Gasteiger partial charge in [-0.2, -0.15) is 0 Å². The van der Waals surface area contributed by atoms with Crippen molar-refractivity contribution in [2.75, 3.05) is 18.1 Å². The molecule has 230 valence electrons. The number of aromatic nitrogens is 7. The molecule has 43 heavy (non-hydrogen) atoms. The number of aliphatic hydroxyl groups excluding tert-OH is 2. The number of hydrogen-bond donors (Lipinski definition) is 6. The van der Waals surface area contributed by atoms with Gasteiger partial charge >= 0.3 is 13.4 Å². The van der Waals surface area contributed by atoms with Gasteiger partial charge in [-0.3, -0.25) is 22.7 Å². The van der Waals surface area contributed by atoms with E-state index in [1.165, 1.54) is 34.3 Å². The van der Waals surface area contributed by atoms with Crippen molar-refractivity contribution >= 4 is 70.9 Å². The van der Waals surface area contributed by atoms with Crippen molar-refractivity contribution in [2.45, 2.75) is 49.3 Å². The van der Waals surface area contributed by atoms with Gasteiger partial charge in [-0.25, -0.2) is 24.9 Å². The summed E-state index contributed by atoms with van der Waals surface area (Å²) in [6.45, 7) is -8.92. The van der Waals surface area contributed by atoms with Gasteiger partial charge in [0.2, 0.25) is 0 Å². The van der Waals surface area contributed by atoms with Crippen LogP contribution in [-0.4, -0.2) is 97.5 Å². The smallest absolute Gasteiger partial charge is 0.327 e. The van der Waals surface area contributed by atoms with Gasteiger partial charge in [0.15, 0.2) is 35.9 Å².